The molecule has 134 valence electrons. The molecule has 0 unspecified atom stereocenters. The Balaban J connectivity index is 1.64. The highest BCUT2D eigenvalue weighted by atomic mass is 79.9. The van der Waals surface area contributed by atoms with Crippen LogP contribution in [-0.2, 0) is 4.79 Å². The first-order chi connectivity index (χ1) is 11.4. The summed E-state index contributed by atoms with van der Waals surface area (Å²) in [6.45, 7) is 4.89. The molecule has 4 aliphatic rings. The highest BCUT2D eigenvalue weighted by Crippen LogP contribution is 2.66. The van der Waals surface area contributed by atoms with Gasteiger partial charge in [-0.1, -0.05) is 41.4 Å². The van der Waals surface area contributed by atoms with Gasteiger partial charge in [0, 0.05) is 5.92 Å². The van der Waals surface area contributed by atoms with Gasteiger partial charge in [0.2, 0.25) is 0 Å². The molecule has 0 aliphatic heterocycles. The Hall–Kier alpha value is -0.150. The van der Waals surface area contributed by atoms with Crippen molar-refractivity contribution in [3.8, 4) is 0 Å². The van der Waals surface area contributed by atoms with Crippen LogP contribution >= 0.6 is 15.9 Å². The molecule has 0 bridgehead atoms. The molecule has 3 saturated carbocycles. The summed E-state index contributed by atoms with van der Waals surface area (Å²) in [6, 6.07) is 0. The summed E-state index contributed by atoms with van der Waals surface area (Å²) in [5.74, 6) is 2.93. The summed E-state index contributed by atoms with van der Waals surface area (Å²) < 4.78 is 0. The fraction of sp³-hybridized carbons (Fsp3) is 0.857. The van der Waals surface area contributed by atoms with E-state index < -0.39 is 0 Å². The third kappa shape index (κ3) is 2.33. The van der Waals surface area contributed by atoms with Crippen molar-refractivity contribution >= 4 is 21.7 Å². The molecule has 0 aromatic carbocycles. The van der Waals surface area contributed by atoms with E-state index in [1.165, 1.54) is 31.3 Å². The number of rotatable bonds is 2. The maximum atomic E-state index is 12.5. The van der Waals surface area contributed by atoms with Crippen LogP contribution in [0.2, 0.25) is 0 Å². The Morgan fingerprint density at radius 3 is 2.75 bits per heavy atom. The van der Waals surface area contributed by atoms with E-state index in [0.717, 1.165) is 37.5 Å². The first-order valence-corrected chi connectivity index (χ1v) is 11.0. The summed E-state index contributed by atoms with van der Waals surface area (Å²) in [6.07, 6.45) is 11.4. The smallest absolute Gasteiger partial charge is 0.147 e. The number of halogens is 1. The van der Waals surface area contributed by atoms with Crippen LogP contribution in [0.1, 0.15) is 65.2 Å². The largest absolute Gasteiger partial charge is 0.393 e. The van der Waals surface area contributed by atoms with Crippen molar-refractivity contribution in [2.24, 2.45) is 34.5 Å². The average Bonchev–Trinajstić information content (AvgIpc) is 2.92. The predicted molar refractivity (Wildman–Crippen MR) is 100 cm³/mol. The number of aliphatic hydroxyl groups is 1. The van der Waals surface area contributed by atoms with E-state index in [9.17, 15) is 9.90 Å². The van der Waals surface area contributed by atoms with E-state index in [1.54, 1.807) is 0 Å². The molecule has 0 aromatic rings. The van der Waals surface area contributed by atoms with Gasteiger partial charge >= 0.3 is 0 Å². The Morgan fingerprint density at radius 1 is 1.21 bits per heavy atom. The molecule has 1 N–H and O–H groups in total. The number of hydrogen-bond acceptors (Lipinski definition) is 2. The summed E-state index contributed by atoms with van der Waals surface area (Å²) in [7, 11) is 0. The molecule has 0 amide bonds. The van der Waals surface area contributed by atoms with Gasteiger partial charge in [-0.3, -0.25) is 4.79 Å². The molecule has 2 nitrogen and oxygen atoms in total. The van der Waals surface area contributed by atoms with Crippen LogP contribution < -0.4 is 0 Å². The summed E-state index contributed by atoms with van der Waals surface area (Å²) in [5, 5.41) is 10.6. The quantitative estimate of drug-likeness (QED) is 0.534. The molecule has 3 heteroatoms. The number of alkyl halides is 1. The number of hydrogen-bond donors (Lipinski definition) is 1. The SMILES string of the molecule is C[C@]12CC[C@H]3[C@@H](CC=C4C[C@@H](O)CC[C@@]43C)[C@@H]1CC[C@@H]2C(=O)CBr. The standard InChI is InChI=1S/C21H31BrO2/c1-20-9-7-14(23)11-13(20)3-4-15-16-5-6-18(19(24)12-22)21(16,2)10-8-17(15)20/h3,14-18,23H,4-12H2,1-2H3/t14-,15-,16-,17-,18+,20-,21-/m0/s1. The third-order valence-electron chi connectivity index (χ3n) is 8.60. The fourth-order valence-electron chi connectivity index (χ4n) is 7.26. The lowest BCUT2D eigenvalue weighted by molar-refractivity contribution is -0.127. The Bertz CT molecular complexity index is 570. The zero-order chi connectivity index (χ0) is 17.1. The number of aliphatic hydroxyl groups excluding tert-OH is 1. The lowest BCUT2D eigenvalue weighted by atomic mass is 9.47. The molecule has 0 heterocycles. The maximum absolute atomic E-state index is 12.5. The minimum Gasteiger partial charge on any atom is -0.393 e. The molecule has 7 atom stereocenters. The van der Waals surface area contributed by atoms with Gasteiger partial charge in [-0.05, 0) is 80.0 Å². The van der Waals surface area contributed by atoms with Gasteiger partial charge in [0.05, 0.1) is 11.4 Å². The minimum absolute atomic E-state index is 0.123. The third-order valence-corrected chi connectivity index (χ3v) is 9.15. The minimum atomic E-state index is -0.123. The van der Waals surface area contributed by atoms with Crippen molar-refractivity contribution in [1.82, 2.24) is 0 Å². The molecule has 4 aliphatic carbocycles. The van der Waals surface area contributed by atoms with Crippen molar-refractivity contribution in [3.63, 3.8) is 0 Å². The average molecular weight is 395 g/mol. The highest BCUT2D eigenvalue weighted by Gasteiger charge is 2.59. The van der Waals surface area contributed by atoms with Crippen molar-refractivity contribution < 1.29 is 9.90 Å². The summed E-state index contributed by atoms with van der Waals surface area (Å²) in [5.41, 5.74) is 2.07. The Kier molecular flexibility index (Phi) is 4.28. The van der Waals surface area contributed by atoms with Gasteiger partial charge < -0.3 is 5.11 Å². The van der Waals surface area contributed by atoms with Crippen LogP contribution in [0.5, 0.6) is 0 Å². The van der Waals surface area contributed by atoms with E-state index in [2.05, 4.69) is 35.9 Å². The molecular weight excluding hydrogens is 364 g/mol. The topological polar surface area (TPSA) is 37.3 Å². The van der Waals surface area contributed by atoms with Crippen LogP contribution in [0, 0.1) is 34.5 Å². The zero-order valence-electron chi connectivity index (χ0n) is 15.1. The van der Waals surface area contributed by atoms with E-state index in [-0.39, 0.29) is 17.4 Å². The number of allylic oxidation sites excluding steroid dienone is 1. The van der Waals surface area contributed by atoms with Gasteiger partial charge in [-0.25, -0.2) is 0 Å². The van der Waals surface area contributed by atoms with Crippen LogP contribution in [0.4, 0.5) is 0 Å². The van der Waals surface area contributed by atoms with Crippen molar-refractivity contribution in [2.45, 2.75) is 71.3 Å². The van der Waals surface area contributed by atoms with Gasteiger partial charge in [-0.2, -0.15) is 0 Å². The number of carbonyl (C=O) groups is 1. The number of ketones is 1. The molecule has 0 saturated heterocycles. The summed E-state index contributed by atoms with van der Waals surface area (Å²) >= 11 is 3.41. The molecule has 0 spiro atoms. The fourth-order valence-corrected chi connectivity index (χ4v) is 7.65. The second-order valence-corrected chi connectivity index (χ2v) is 9.99. The second-order valence-electron chi connectivity index (χ2n) is 9.43. The zero-order valence-corrected chi connectivity index (χ0v) is 16.6. The van der Waals surface area contributed by atoms with Crippen molar-refractivity contribution in [3.05, 3.63) is 11.6 Å². The molecule has 0 aromatic heterocycles. The first-order valence-electron chi connectivity index (χ1n) is 9.86. The normalized spacial score (nSPS) is 50.5. The van der Waals surface area contributed by atoms with E-state index >= 15 is 0 Å². The summed E-state index contributed by atoms with van der Waals surface area (Å²) in [4.78, 5) is 12.5. The maximum Gasteiger partial charge on any atom is 0.147 e. The van der Waals surface area contributed by atoms with Gasteiger partial charge in [0.1, 0.15) is 5.78 Å². The number of carbonyl (C=O) groups excluding carboxylic acids is 1. The first kappa shape index (κ1) is 17.3. The Morgan fingerprint density at radius 2 is 2.00 bits per heavy atom. The van der Waals surface area contributed by atoms with Crippen LogP contribution in [-0.4, -0.2) is 22.3 Å². The molecular formula is C21H31BrO2. The molecule has 24 heavy (non-hydrogen) atoms. The Labute approximate surface area is 154 Å². The van der Waals surface area contributed by atoms with Gasteiger partial charge in [0.15, 0.2) is 0 Å². The lowest BCUT2D eigenvalue weighted by Crippen LogP contribution is -2.51. The van der Waals surface area contributed by atoms with E-state index in [0.29, 0.717) is 22.4 Å². The highest BCUT2D eigenvalue weighted by molar-refractivity contribution is 9.09. The van der Waals surface area contributed by atoms with Crippen LogP contribution in [0.25, 0.3) is 0 Å². The van der Waals surface area contributed by atoms with Crippen molar-refractivity contribution in [2.75, 3.05) is 5.33 Å². The predicted octanol–water partition coefficient (Wildman–Crippen LogP) is 4.89. The molecule has 4 rings (SSSR count). The van der Waals surface area contributed by atoms with Crippen LogP contribution in [0.15, 0.2) is 11.6 Å². The number of Topliss-reactive ketones (excluding diaryl/α,β-unsaturated/α-hetero) is 1. The monoisotopic (exact) mass is 394 g/mol. The van der Waals surface area contributed by atoms with Gasteiger partial charge in [-0.15, -0.1) is 0 Å². The molecule has 0 radical (unpaired) electrons. The van der Waals surface area contributed by atoms with E-state index in [1.807, 2.05) is 0 Å². The van der Waals surface area contributed by atoms with Crippen LogP contribution in [0.3, 0.4) is 0 Å². The van der Waals surface area contributed by atoms with Gasteiger partial charge in [0.25, 0.3) is 0 Å². The van der Waals surface area contributed by atoms with E-state index in [4.69, 9.17) is 0 Å². The second kappa shape index (κ2) is 5.94. The number of fused-ring (bicyclic) bond motifs is 5. The lowest BCUT2D eigenvalue weighted by Gasteiger charge is -2.57. The van der Waals surface area contributed by atoms with Crippen molar-refractivity contribution in [1.29, 1.82) is 0 Å². The molecule has 3 fully saturated rings.